The predicted molar refractivity (Wildman–Crippen MR) is 129 cm³/mol. The summed E-state index contributed by atoms with van der Waals surface area (Å²) in [5.41, 5.74) is 6.68. The van der Waals surface area contributed by atoms with Crippen molar-refractivity contribution < 1.29 is 4.79 Å². The van der Waals surface area contributed by atoms with Crippen LogP contribution in [0.1, 0.15) is 48.9 Å². The minimum Gasteiger partial charge on any atom is -0.338 e. The van der Waals surface area contributed by atoms with Crippen molar-refractivity contribution in [2.75, 3.05) is 7.05 Å². The standard InChI is InChI=1S/C26H25N7O/c1-14-19(12-28-32(14)5)23-21(27-3)11-18-17(7-6-8-20(18)29-23)24-22-13-31(4)26(34)15(2)33(22)25(30-24)16-9-10-16/h6-8,11-12,15-16H,9-10,13H2,1-2,4-5H3/t15-/m0/s1. The van der Waals surface area contributed by atoms with E-state index < -0.39 is 0 Å². The van der Waals surface area contributed by atoms with Crippen molar-refractivity contribution in [3.63, 3.8) is 0 Å². The fraction of sp³-hybridized carbons (Fsp3) is 0.346. The zero-order chi connectivity index (χ0) is 23.7. The van der Waals surface area contributed by atoms with Crippen LogP contribution in [0.2, 0.25) is 0 Å². The van der Waals surface area contributed by atoms with E-state index in [2.05, 4.69) is 14.5 Å². The van der Waals surface area contributed by atoms with Gasteiger partial charge in [-0.25, -0.2) is 9.83 Å². The van der Waals surface area contributed by atoms with Crippen LogP contribution in [-0.4, -0.2) is 42.2 Å². The van der Waals surface area contributed by atoms with Crippen molar-refractivity contribution in [3.8, 4) is 22.5 Å². The van der Waals surface area contributed by atoms with E-state index in [0.717, 1.165) is 57.8 Å². The van der Waals surface area contributed by atoms with Crippen LogP contribution in [0.3, 0.4) is 0 Å². The number of hydrogen-bond donors (Lipinski definition) is 0. The van der Waals surface area contributed by atoms with Crippen LogP contribution in [0.15, 0.2) is 30.5 Å². The Labute approximate surface area is 197 Å². The maximum Gasteiger partial charge on any atom is 0.245 e. The molecule has 1 aliphatic carbocycles. The Bertz CT molecular complexity index is 1530. The lowest BCUT2D eigenvalue weighted by Crippen LogP contribution is -2.39. The molecule has 0 bridgehead atoms. The predicted octanol–water partition coefficient (Wildman–Crippen LogP) is 4.77. The second-order valence-electron chi connectivity index (χ2n) is 9.39. The second-order valence-corrected chi connectivity index (χ2v) is 9.39. The highest BCUT2D eigenvalue weighted by Gasteiger charge is 2.38. The summed E-state index contributed by atoms with van der Waals surface area (Å²) in [6.07, 6.45) is 3.99. The number of aryl methyl sites for hydroxylation is 1. The molecule has 1 fully saturated rings. The maximum atomic E-state index is 12.8. The molecule has 6 rings (SSSR count). The Hall–Kier alpha value is -3.99. The van der Waals surface area contributed by atoms with Gasteiger partial charge in [0.25, 0.3) is 0 Å². The molecule has 8 heteroatoms. The Morgan fingerprint density at radius 3 is 2.59 bits per heavy atom. The number of hydrogen-bond acceptors (Lipinski definition) is 4. The van der Waals surface area contributed by atoms with Crippen molar-refractivity contribution >= 4 is 22.5 Å². The molecule has 8 nitrogen and oxygen atoms in total. The quantitative estimate of drug-likeness (QED) is 0.421. The smallest absolute Gasteiger partial charge is 0.245 e. The summed E-state index contributed by atoms with van der Waals surface area (Å²) in [7, 11) is 3.73. The van der Waals surface area contributed by atoms with Crippen LogP contribution in [-0.2, 0) is 18.4 Å². The molecule has 1 atom stereocenters. The van der Waals surface area contributed by atoms with Gasteiger partial charge in [0.05, 0.1) is 41.9 Å². The summed E-state index contributed by atoms with van der Waals surface area (Å²) in [6.45, 7) is 12.3. The number of imidazole rings is 1. The van der Waals surface area contributed by atoms with Crippen molar-refractivity contribution in [2.24, 2.45) is 7.05 Å². The first kappa shape index (κ1) is 20.6. The van der Waals surface area contributed by atoms with Gasteiger partial charge in [-0.05, 0) is 44.2 Å². The third-order valence-corrected chi connectivity index (χ3v) is 7.19. The number of aromatic nitrogens is 5. The van der Waals surface area contributed by atoms with Crippen molar-refractivity contribution in [3.05, 3.63) is 59.1 Å². The van der Waals surface area contributed by atoms with E-state index in [1.54, 1.807) is 15.8 Å². The Kier molecular flexibility index (Phi) is 4.40. The summed E-state index contributed by atoms with van der Waals surface area (Å²) < 4.78 is 3.95. The van der Waals surface area contributed by atoms with Gasteiger partial charge in [-0.3, -0.25) is 14.5 Å². The molecule has 1 aromatic carbocycles. The number of pyridine rings is 1. The fourth-order valence-corrected chi connectivity index (χ4v) is 5.05. The molecule has 0 radical (unpaired) electrons. The SMILES string of the molecule is [C-]#[N+]c1cc2c(-c3nc(C4CC4)n4c3CN(C)C(=O)[C@@H]4C)cccc2nc1-c1cnn(C)c1C. The first-order chi connectivity index (χ1) is 16.4. The molecular formula is C26H25N7O. The highest BCUT2D eigenvalue weighted by Crippen LogP contribution is 2.45. The van der Waals surface area contributed by atoms with E-state index in [1.807, 2.05) is 52.2 Å². The minimum atomic E-state index is -0.266. The third-order valence-electron chi connectivity index (χ3n) is 7.19. The van der Waals surface area contributed by atoms with Gasteiger partial charge in [0.1, 0.15) is 11.9 Å². The third kappa shape index (κ3) is 2.90. The molecule has 170 valence electrons. The minimum absolute atomic E-state index is 0.115. The van der Waals surface area contributed by atoms with Crippen LogP contribution >= 0.6 is 0 Å². The number of amides is 1. The lowest BCUT2D eigenvalue weighted by atomic mass is 10.0. The van der Waals surface area contributed by atoms with Gasteiger partial charge < -0.3 is 9.47 Å². The number of carbonyl (C=O) groups excluding carboxylic acids is 1. The van der Waals surface area contributed by atoms with Gasteiger partial charge in [-0.15, -0.1) is 0 Å². The highest BCUT2D eigenvalue weighted by molar-refractivity contribution is 5.99. The van der Waals surface area contributed by atoms with Gasteiger partial charge in [-0.1, -0.05) is 12.1 Å². The van der Waals surface area contributed by atoms with Crippen molar-refractivity contribution in [1.29, 1.82) is 0 Å². The summed E-state index contributed by atoms with van der Waals surface area (Å²) in [6, 6.07) is 7.68. The van der Waals surface area contributed by atoms with Crippen LogP contribution in [0, 0.1) is 13.5 Å². The molecule has 34 heavy (non-hydrogen) atoms. The van der Waals surface area contributed by atoms with E-state index in [1.165, 1.54) is 0 Å². The average molecular weight is 452 g/mol. The Morgan fingerprint density at radius 2 is 1.91 bits per heavy atom. The van der Waals surface area contributed by atoms with E-state index in [-0.39, 0.29) is 11.9 Å². The largest absolute Gasteiger partial charge is 0.338 e. The number of carbonyl (C=O) groups is 1. The van der Waals surface area contributed by atoms with Crippen LogP contribution in [0.5, 0.6) is 0 Å². The van der Waals surface area contributed by atoms with Gasteiger partial charge >= 0.3 is 0 Å². The molecule has 0 unspecified atom stereocenters. The Morgan fingerprint density at radius 1 is 1.12 bits per heavy atom. The maximum absolute atomic E-state index is 12.8. The lowest BCUT2D eigenvalue weighted by Gasteiger charge is -2.31. The zero-order valence-electron chi connectivity index (χ0n) is 19.7. The molecule has 1 saturated carbocycles. The number of rotatable bonds is 3. The summed E-state index contributed by atoms with van der Waals surface area (Å²) in [5.74, 6) is 1.54. The van der Waals surface area contributed by atoms with Crippen molar-refractivity contribution in [1.82, 2.24) is 29.2 Å². The number of nitrogens with zero attached hydrogens (tertiary/aromatic N) is 7. The van der Waals surface area contributed by atoms with E-state index in [9.17, 15) is 4.79 Å². The molecule has 1 aliphatic heterocycles. The summed E-state index contributed by atoms with van der Waals surface area (Å²) in [5, 5.41) is 5.23. The first-order valence-corrected chi connectivity index (χ1v) is 11.6. The molecule has 0 N–H and O–H groups in total. The molecule has 1 amide bonds. The van der Waals surface area contributed by atoms with Crippen LogP contribution in [0.4, 0.5) is 5.69 Å². The van der Waals surface area contributed by atoms with E-state index in [4.69, 9.17) is 16.5 Å². The van der Waals surface area contributed by atoms with Crippen LogP contribution < -0.4 is 0 Å². The van der Waals surface area contributed by atoms with Gasteiger partial charge in [0.2, 0.25) is 11.6 Å². The van der Waals surface area contributed by atoms with E-state index in [0.29, 0.717) is 23.8 Å². The van der Waals surface area contributed by atoms with E-state index >= 15 is 0 Å². The number of fused-ring (bicyclic) bond motifs is 2. The normalized spacial score (nSPS) is 17.8. The van der Waals surface area contributed by atoms with Crippen LogP contribution in [0.25, 0.3) is 38.3 Å². The highest BCUT2D eigenvalue weighted by atomic mass is 16.2. The van der Waals surface area contributed by atoms with Gasteiger partial charge in [0.15, 0.2) is 0 Å². The second kappa shape index (κ2) is 7.26. The Balaban J connectivity index is 1.59. The molecule has 0 spiro atoms. The number of likely N-dealkylation sites (N-methyl/N-ethyl adjacent to an activating group) is 1. The molecule has 4 heterocycles. The first-order valence-electron chi connectivity index (χ1n) is 11.6. The molecular weight excluding hydrogens is 426 g/mol. The average Bonchev–Trinajstić information content (AvgIpc) is 3.54. The fourth-order valence-electron chi connectivity index (χ4n) is 5.05. The molecule has 0 saturated heterocycles. The lowest BCUT2D eigenvalue weighted by molar-refractivity contribution is -0.135. The molecule has 2 aliphatic rings. The molecule has 4 aromatic rings. The van der Waals surface area contributed by atoms with Gasteiger partial charge in [0, 0.05) is 36.8 Å². The summed E-state index contributed by atoms with van der Waals surface area (Å²) in [4.78, 5) is 28.4. The van der Waals surface area contributed by atoms with Crippen molar-refractivity contribution in [2.45, 2.75) is 45.2 Å². The summed E-state index contributed by atoms with van der Waals surface area (Å²) >= 11 is 0. The van der Waals surface area contributed by atoms with Gasteiger partial charge in [-0.2, -0.15) is 5.10 Å². The topological polar surface area (TPSA) is 73.2 Å². The number of benzene rings is 1. The molecule has 3 aromatic heterocycles. The zero-order valence-corrected chi connectivity index (χ0v) is 19.7. The monoisotopic (exact) mass is 451 g/mol.